The Balaban J connectivity index is 1.60. The maximum absolute atomic E-state index is 13.1. The van der Waals surface area contributed by atoms with Crippen molar-refractivity contribution in [3.8, 4) is 5.82 Å². The molecule has 0 aliphatic carbocycles. The van der Waals surface area contributed by atoms with Crippen LogP contribution in [0.2, 0.25) is 0 Å². The van der Waals surface area contributed by atoms with Crippen molar-refractivity contribution in [1.29, 1.82) is 0 Å². The fourth-order valence-electron chi connectivity index (χ4n) is 3.46. The van der Waals surface area contributed by atoms with Crippen LogP contribution in [0.15, 0.2) is 48.8 Å². The first kappa shape index (κ1) is 22.7. The number of amides is 1. The normalized spacial score (nSPS) is 14.8. The van der Waals surface area contributed by atoms with Crippen LogP contribution in [-0.2, 0) is 6.18 Å². The molecule has 1 fully saturated rings. The van der Waals surface area contributed by atoms with Gasteiger partial charge in [0.2, 0.25) is 0 Å². The molecule has 3 heterocycles. The highest BCUT2D eigenvalue weighted by atomic mass is 32.2. The SMILES string of the molecule is CC(C)c1c(C(=O)Nc2cccc(C3SCCS3)c2)cnn1-c1ccc(C(F)(F)F)cn1. The first-order chi connectivity index (χ1) is 15.2. The van der Waals surface area contributed by atoms with E-state index in [4.69, 9.17) is 0 Å². The van der Waals surface area contributed by atoms with Gasteiger partial charge in [-0.25, -0.2) is 9.67 Å². The monoisotopic (exact) mass is 478 g/mol. The van der Waals surface area contributed by atoms with Crippen LogP contribution in [0, 0.1) is 0 Å². The summed E-state index contributed by atoms with van der Waals surface area (Å²) in [6.45, 7) is 3.78. The van der Waals surface area contributed by atoms with Crippen molar-refractivity contribution >= 4 is 35.1 Å². The Bertz CT molecular complexity index is 1110. The zero-order chi connectivity index (χ0) is 22.9. The van der Waals surface area contributed by atoms with Crippen molar-refractivity contribution in [3.63, 3.8) is 0 Å². The summed E-state index contributed by atoms with van der Waals surface area (Å²) in [6.07, 6.45) is -2.27. The van der Waals surface area contributed by atoms with Gasteiger partial charge in [0.1, 0.15) is 0 Å². The number of rotatable bonds is 5. The minimum Gasteiger partial charge on any atom is -0.322 e. The molecule has 2 aromatic heterocycles. The van der Waals surface area contributed by atoms with E-state index < -0.39 is 11.7 Å². The lowest BCUT2D eigenvalue weighted by molar-refractivity contribution is -0.137. The second-order valence-electron chi connectivity index (χ2n) is 7.57. The number of carbonyl (C=O) groups is 1. The second-order valence-corrected chi connectivity index (χ2v) is 10.3. The van der Waals surface area contributed by atoms with Crippen molar-refractivity contribution < 1.29 is 18.0 Å². The Kier molecular flexibility index (Phi) is 6.52. The number of hydrogen-bond donors (Lipinski definition) is 1. The Morgan fingerprint density at radius 3 is 2.53 bits per heavy atom. The summed E-state index contributed by atoms with van der Waals surface area (Å²) in [5, 5.41) is 7.18. The Labute approximate surface area is 192 Å². The average Bonchev–Trinajstić information content (AvgIpc) is 3.44. The molecule has 4 rings (SSSR count). The molecule has 1 aliphatic rings. The molecule has 10 heteroatoms. The number of thioether (sulfide) groups is 2. The Hall–Kier alpha value is -2.46. The predicted octanol–water partition coefficient (Wildman–Crippen LogP) is 6.14. The Morgan fingerprint density at radius 2 is 1.91 bits per heavy atom. The molecule has 1 aromatic carbocycles. The summed E-state index contributed by atoms with van der Waals surface area (Å²) in [4.78, 5) is 17.0. The standard InChI is InChI=1S/C22H21F3N4OS2/c1-13(2)19-17(12-27-29(19)18-7-6-15(11-26-18)22(23,24)25)20(30)28-16-5-3-4-14(10-16)21-31-8-9-32-21/h3-7,10-13,21H,8-9H2,1-2H3,(H,28,30). The highest BCUT2D eigenvalue weighted by Crippen LogP contribution is 2.45. The van der Waals surface area contributed by atoms with Gasteiger partial charge in [-0.15, -0.1) is 23.5 Å². The molecule has 168 valence electrons. The molecule has 0 unspecified atom stereocenters. The lowest BCUT2D eigenvalue weighted by Gasteiger charge is -2.14. The van der Waals surface area contributed by atoms with Crippen LogP contribution >= 0.6 is 23.5 Å². The summed E-state index contributed by atoms with van der Waals surface area (Å²) < 4.78 is 40.4. The number of nitrogens with one attached hydrogen (secondary N) is 1. The molecule has 0 spiro atoms. The number of alkyl halides is 3. The van der Waals surface area contributed by atoms with E-state index in [9.17, 15) is 18.0 Å². The topological polar surface area (TPSA) is 59.8 Å². The third kappa shape index (κ3) is 4.80. The van der Waals surface area contributed by atoms with E-state index in [2.05, 4.69) is 21.5 Å². The molecule has 1 saturated heterocycles. The van der Waals surface area contributed by atoms with Crippen LogP contribution < -0.4 is 5.32 Å². The molecule has 0 atom stereocenters. The van der Waals surface area contributed by atoms with Crippen LogP contribution in [0.1, 0.15) is 51.5 Å². The van der Waals surface area contributed by atoms with Crippen molar-refractivity contribution in [2.24, 2.45) is 0 Å². The smallest absolute Gasteiger partial charge is 0.322 e. The van der Waals surface area contributed by atoms with Gasteiger partial charge in [-0.2, -0.15) is 18.3 Å². The van der Waals surface area contributed by atoms with Crippen LogP contribution in [-0.4, -0.2) is 32.2 Å². The van der Waals surface area contributed by atoms with Gasteiger partial charge >= 0.3 is 6.18 Å². The van der Waals surface area contributed by atoms with Gasteiger partial charge in [0.25, 0.3) is 5.91 Å². The number of pyridine rings is 1. The van der Waals surface area contributed by atoms with Crippen molar-refractivity contribution in [3.05, 3.63) is 71.2 Å². The number of benzene rings is 1. The summed E-state index contributed by atoms with van der Waals surface area (Å²) in [6, 6.07) is 10.00. The zero-order valence-corrected chi connectivity index (χ0v) is 19.0. The van der Waals surface area contributed by atoms with Gasteiger partial charge in [0.15, 0.2) is 5.82 Å². The predicted molar refractivity (Wildman–Crippen MR) is 123 cm³/mol. The number of hydrogen-bond acceptors (Lipinski definition) is 5. The Morgan fingerprint density at radius 1 is 1.16 bits per heavy atom. The molecule has 0 bridgehead atoms. The van der Waals surface area contributed by atoms with Crippen molar-refractivity contribution in [2.45, 2.75) is 30.5 Å². The molecule has 1 aliphatic heterocycles. The highest BCUT2D eigenvalue weighted by Gasteiger charge is 2.31. The van der Waals surface area contributed by atoms with Crippen LogP contribution in [0.3, 0.4) is 0 Å². The first-order valence-corrected chi connectivity index (χ1v) is 12.1. The number of aromatic nitrogens is 3. The van der Waals surface area contributed by atoms with Gasteiger partial charge < -0.3 is 5.32 Å². The van der Waals surface area contributed by atoms with Crippen LogP contribution in [0.5, 0.6) is 0 Å². The first-order valence-electron chi connectivity index (χ1n) is 10.00. The quantitative estimate of drug-likeness (QED) is 0.477. The van der Waals surface area contributed by atoms with Crippen LogP contribution in [0.4, 0.5) is 18.9 Å². The van der Waals surface area contributed by atoms with Gasteiger partial charge in [-0.1, -0.05) is 26.0 Å². The second kappa shape index (κ2) is 9.19. The highest BCUT2D eigenvalue weighted by molar-refractivity contribution is 8.19. The molecule has 5 nitrogen and oxygen atoms in total. The van der Waals surface area contributed by atoms with Gasteiger partial charge in [-0.3, -0.25) is 4.79 Å². The van der Waals surface area contributed by atoms with E-state index in [0.29, 0.717) is 21.5 Å². The van der Waals surface area contributed by atoms with Gasteiger partial charge in [0, 0.05) is 23.4 Å². The number of anilines is 1. The molecule has 1 N–H and O–H groups in total. The van der Waals surface area contributed by atoms with E-state index in [0.717, 1.165) is 29.3 Å². The number of carbonyl (C=O) groups excluding carboxylic acids is 1. The largest absolute Gasteiger partial charge is 0.417 e. The van der Waals surface area contributed by atoms with Crippen molar-refractivity contribution in [1.82, 2.24) is 14.8 Å². The van der Waals surface area contributed by atoms with Crippen LogP contribution in [0.25, 0.3) is 5.82 Å². The lowest BCUT2D eigenvalue weighted by atomic mass is 10.1. The maximum atomic E-state index is 13.1. The van der Waals surface area contributed by atoms with Gasteiger partial charge in [-0.05, 0) is 35.7 Å². The van der Waals surface area contributed by atoms with E-state index in [1.807, 2.05) is 55.6 Å². The number of halogens is 3. The molecule has 0 saturated carbocycles. The fourth-order valence-corrected chi connectivity index (χ4v) is 6.30. The molecular formula is C22H21F3N4OS2. The minimum absolute atomic E-state index is 0.111. The van der Waals surface area contributed by atoms with E-state index in [-0.39, 0.29) is 17.6 Å². The molecular weight excluding hydrogens is 457 g/mol. The summed E-state index contributed by atoms with van der Waals surface area (Å²) >= 11 is 3.78. The third-order valence-electron chi connectivity index (χ3n) is 4.93. The minimum atomic E-state index is -4.47. The third-order valence-corrected chi connectivity index (χ3v) is 8.03. The van der Waals surface area contributed by atoms with E-state index >= 15 is 0 Å². The molecule has 3 aromatic rings. The summed E-state index contributed by atoms with van der Waals surface area (Å²) in [5.74, 6) is 2.01. The average molecular weight is 479 g/mol. The zero-order valence-electron chi connectivity index (χ0n) is 17.4. The van der Waals surface area contributed by atoms with Gasteiger partial charge in [0.05, 0.1) is 27.6 Å². The molecule has 0 radical (unpaired) electrons. The summed E-state index contributed by atoms with van der Waals surface area (Å²) in [5.41, 5.74) is 1.94. The molecule has 1 amide bonds. The fraction of sp³-hybridized carbons (Fsp3) is 0.318. The molecule has 32 heavy (non-hydrogen) atoms. The van der Waals surface area contributed by atoms with Crippen molar-refractivity contribution in [2.75, 3.05) is 16.8 Å². The maximum Gasteiger partial charge on any atom is 0.417 e. The summed E-state index contributed by atoms with van der Waals surface area (Å²) in [7, 11) is 0. The lowest BCUT2D eigenvalue weighted by Crippen LogP contribution is -2.16. The van der Waals surface area contributed by atoms with E-state index in [1.165, 1.54) is 16.9 Å². The number of nitrogens with zero attached hydrogens (tertiary/aromatic N) is 3. The van der Waals surface area contributed by atoms with E-state index in [1.54, 1.807) is 0 Å².